The van der Waals surface area contributed by atoms with E-state index in [9.17, 15) is 0 Å². The van der Waals surface area contributed by atoms with Gasteiger partial charge in [0, 0.05) is 16.2 Å². The number of hydrogen-bond donors (Lipinski definition) is 1. The molecular weight excluding hydrogens is 273 g/mol. The zero-order valence-electron chi connectivity index (χ0n) is 9.35. The molecule has 1 aromatic carbocycles. The topological polar surface area (TPSA) is 12.0 Å². The quantitative estimate of drug-likeness (QED) is 0.827. The van der Waals surface area contributed by atoms with Crippen molar-refractivity contribution in [1.29, 1.82) is 0 Å². The van der Waals surface area contributed by atoms with Crippen molar-refractivity contribution in [2.45, 2.75) is 33.2 Å². The van der Waals surface area contributed by atoms with Gasteiger partial charge < -0.3 is 5.32 Å². The zero-order chi connectivity index (χ0) is 11.4. The minimum Gasteiger partial charge on any atom is -0.382 e. The highest BCUT2D eigenvalue weighted by molar-refractivity contribution is 9.10. The molecule has 0 aliphatic heterocycles. The maximum atomic E-state index is 6.02. The number of halogens is 2. The molecule has 2 unspecified atom stereocenters. The number of hydrogen-bond acceptors (Lipinski definition) is 1. The summed E-state index contributed by atoms with van der Waals surface area (Å²) in [5, 5.41) is 4.20. The minimum absolute atomic E-state index is 0.465. The fourth-order valence-corrected chi connectivity index (χ4v) is 1.77. The van der Waals surface area contributed by atoms with Crippen LogP contribution in [0.15, 0.2) is 22.7 Å². The number of nitrogens with one attached hydrogen (secondary N) is 1. The monoisotopic (exact) mass is 289 g/mol. The molecule has 0 fully saturated rings. The van der Waals surface area contributed by atoms with E-state index in [1.807, 2.05) is 18.2 Å². The standard InChI is InChI=1S/C12H17BrClN/c1-4-8(2)9(3)15-10-5-6-11(13)12(14)7-10/h5-9,15H,4H2,1-3H3. The fourth-order valence-electron chi connectivity index (χ4n) is 1.34. The number of benzene rings is 1. The highest BCUT2D eigenvalue weighted by Gasteiger charge is 2.10. The van der Waals surface area contributed by atoms with Crippen LogP contribution in [-0.4, -0.2) is 6.04 Å². The Kier molecular flexibility index (Phi) is 4.94. The third kappa shape index (κ3) is 3.69. The summed E-state index contributed by atoms with van der Waals surface area (Å²) in [7, 11) is 0. The molecule has 0 bridgehead atoms. The summed E-state index contributed by atoms with van der Waals surface area (Å²) in [6, 6.07) is 6.42. The first-order valence-corrected chi connectivity index (χ1v) is 6.43. The van der Waals surface area contributed by atoms with E-state index in [1.165, 1.54) is 6.42 Å². The van der Waals surface area contributed by atoms with E-state index in [2.05, 4.69) is 42.0 Å². The Morgan fingerprint density at radius 2 is 2.07 bits per heavy atom. The van der Waals surface area contributed by atoms with Crippen LogP contribution in [-0.2, 0) is 0 Å². The molecule has 84 valence electrons. The van der Waals surface area contributed by atoms with Crippen LogP contribution in [0.25, 0.3) is 0 Å². The summed E-state index contributed by atoms with van der Waals surface area (Å²) in [6.07, 6.45) is 1.18. The molecule has 0 radical (unpaired) electrons. The van der Waals surface area contributed by atoms with Crippen LogP contribution in [0.1, 0.15) is 27.2 Å². The molecule has 0 saturated carbocycles. The summed E-state index contributed by atoms with van der Waals surface area (Å²) in [5.74, 6) is 0.660. The predicted molar refractivity (Wildman–Crippen MR) is 71.7 cm³/mol. The van der Waals surface area contributed by atoms with E-state index in [1.54, 1.807) is 0 Å². The van der Waals surface area contributed by atoms with Gasteiger partial charge in [-0.1, -0.05) is 31.9 Å². The van der Waals surface area contributed by atoms with Crippen molar-refractivity contribution in [1.82, 2.24) is 0 Å². The number of rotatable bonds is 4. The molecule has 1 N–H and O–H groups in total. The molecule has 15 heavy (non-hydrogen) atoms. The molecule has 0 aliphatic rings. The van der Waals surface area contributed by atoms with Crippen molar-refractivity contribution >= 4 is 33.2 Å². The molecule has 0 amide bonds. The molecule has 0 spiro atoms. The van der Waals surface area contributed by atoms with Gasteiger partial charge in [-0.15, -0.1) is 0 Å². The molecule has 0 aromatic heterocycles. The van der Waals surface area contributed by atoms with Crippen LogP contribution in [0.3, 0.4) is 0 Å². The fraction of sp³-hybridized carbons (Fsp3) is 0.500. The van der Waals surface area contributed by atoms with E-state index in [-0.39, 0.29) is 0 Å². The molecule has 1 nitrogen and oxygen atoms in total. The number of anilines is 1. The predicted octanol–water partition coefficient (Wildman–Crippen LogP) is 4.95. The molecule has 0 aliphatic carbocycles. The largest absolute Gasteiger partial charge is 0.382 e. The lowest BCUT2D eigenvalue weighted by Crippen LogP contribution is -2.23. The zero-order valence-corrected chi connectivity index (χ0v) is 11.7. The average molecular weight is 291 g/mol. The van der Waals surface area contributed by atoms with Crippen molar-refractivity contribution in [2.24, 2.45) is 5.92 Å². The van der Waals surface area contributed by atoms with E-state index in [0.717, 1.165) is 15.2 Å². The Morgan fingerprint density at radius 3 is 2.60 bits per heavy atom. The molecule has 0 heterocycles. The molecule has 0 saturated heterocycles. The highest BCUT2D eigenvalue weighted by Crippen LogP contribution is 2.26. The first-order valence-electron chi connectivity index (χ1n) is 5.26. The lowest BCUT2D eigenvalue weighted by Gasteiger charge is -2.21. The summed E-state index contributed by atoms with van der Waals surface area (Å²) in [4.78, 5) is 0. The van der Waals surface area contributed by atoms with Crippen LogP contribution in [0.2, 0.25) is 5.02 Å². The molecule has 3 heteroatoms. The van der Waals surface area contributed by atoms with Gasteiger partial charge in [0.2, 0.25) is 0 Å². The van der Waals surface area contributed by atoms with Crippen molar-refractivity contribution in [3.63, 3.8) is 0 Å². The summed E-state index contributed by atoms with van der Waals surface area (Å²) in [5.41, 5.74) is 1.08. The maximum absolute atomic E-state index is 6.02. The van der Waals surface area contributed by atoms with Gasteiger partial charge in [0.15, 0.2) is 0 Å². The van der Waals surface area contributed by atoms with Crippen LogP contribution in [0, 0.1) is 5.92 Å². The van der Waals surface area contributed by atoms with E-state index in [4.69, 9.17) is 11.6 Å². The van der Waals surface area contributed by atoms with Gasteiger partial charge in [-0.25, -0.2) is 0 Å². The highest BCUT2D eigenvalue weighted by atomic mass is 79.9. The molecule has 1 rings (SSSR count). The summed E-state index contributed by atoms with van der Waals surface area (Å²) < 4.78 is 0.936. The van der Waals surface area contributed by atoms with Crippen molar-refractivity contribution in [3.05, 3.63) is 27.7 Å². The van der Waals surface area contributed by atoms with Crippen molar-refractivity contribution in [2.75, 3.05) is 5.32 Å². The van der Waals surface area contributed by atoms with Crippen LogP contribution in [0.5, 0.6) is 0 Å². The minimum atomic E-state index is 0.465. The Bertz CT molecular complexity index is 327. The maximum Gasteiger partial charge on any atom is 0.0568 e. The second-order valence-electron chi connectivity index (χ2n) is 3.95. The van der Waals surface area contributed by atoms with Crippen LogP contribution < -0.4 is 5.32 Å². The Labute approximate surface area is 105 Å². The van der Waals surface area contributed by atoms with Gasteiger partial charge in [-0.3, -0.25) is 0 Å². The third-order valence-electron chi connectivity index (χ3n) is 2.81. The molecule has 2 atom stereocenters. The first kappa shape index (κ1) is 12.9. The normalized spacial score (nSPS) is 14.7. The average Bonchev–Trinajstić information content (AvgIpc) is 2.22. The van der Waals surface area contributed by atoms with E-state index in [0.29, 0.717) is 12.0 Å². The second-order valence-corrected chi connectivity index (χ2v) is 5.21. The van der Waals surface area contributed by atoms with Crippen molar-refractivity contribution < 1.29 is 0 Å². The third-order valence-corrected chi connectivity index (χ3v) is 4.04. The molecular formula is C12H17BrClN. The van der Waals surface area contributed by atoms with E-state index >= 15 is 0 Å². The Balaban J connectivity index is 2.68. The van der Waals surface area contributed by atoms with Gasteiger partial charge in [0.1, 0.15) is 0 Å². The SMILES string of the molecule is CCC(C)C(C)Nc1ccc(Br)c(Cl)c1. The summed E-state index contributed by atoms with van der Waals surface area (Å²) >= 11 is 9.40. The van der Waals surface area contributed by atoms with Gasteiger partial charge in [-0.05, 0) is 47.0 Å². The summed E-state index contributed by atoms with van der Waals surface area (Å²) in [6.45, 7) is 6.65. The first-order chi connectivity index (χ1) is 7.04. The van der Waals surface area contributed by atoms with Gasteiger partial charge >= 0.3 is 0 Å². The second kappa shape index (κ2) is 5.76. The van der Waals surface area contributed by atoms with Crippen molar-refractivity contribution in [3.8, 4) is 0 Å². The Morgan fingerprint density at radius 1 is 1.40 bits per heavy atom. The smallest absolute Gasteiger partial charge is 0.0568 e. The lowest BCUT2D eigenvalue weighted by molar-refractivity contribution is 0.494. The van der Waals surface area contributed by atoms with Crippen LogP contribution >= 0.6 is 27.5 Å². The van der Waals surface area contributed by atoms with Crippen LogP contribution in [0.4, 0.5) is 5.69 Å². The van der Waals surface area contributed by atoms with Gasteiger partial charge in [0.25, 0.3) is 0 Å². The van der Waals surface area contributed by atoms with Gasteiger partial charge in [0.05, 0.1) is 5.02 Å². The van der Waals surface area contributed by atoms with Gasteiger partial charge in [-0.2, -0.15) is 0 Å². The Hall–Kier alpha value is -0.210. The van der Waals surface area contributed by atoms with E-state index < -0.39 is 0 Å². The lowest BCUT2D eigenvalue weighted by atomic mass is 10.0. The molecule has 1 aromatic rings.